The third-order valence-electron chi connectivity index (χ3n) is 3.47. The van der Waals surface area contributed by atoms with Gasteiger partial charge in [-0.15, -0.1) is 0 Å². The summed E-state index contributed by atoms with van der Waals surface area (Å²) in [5, 5.41) is 14.6. The van der Waals surface area contributed by atoms with E-state index in [-0.39, 0.29) is 5.91 Å². The molecule has 2 heterocycles. The highest BCUT2D eigenvalue weighted by Crippen LogP contribution is 2.39. The van der Waals surface area contributed by atoms with E-state index in [1.165, 1.54) is 30.7 Å². The number of rotatable bonds is 3. The van der Waals surface area contributed by atoms with Gasteiger partial charge in [0.15, 0.2) is 17.5 Å². The van der Waals surface area contributed by atoms with Crippen LogP contribution in [0.4, 0.5) is 5.13 Å². The zero-order valence-electron chi connectivity index (χ0n) is 13.7. The van der Waals surface area contributed by atoms with Crippen molar-refractivity contribution in [3.8, 4) is 21.7 Å². The van der Waals surface area contributed by atoms with Gasteiger partial charge in [-0.1, -0.05) is 28.5 Å². The van der Waals surface area contributed by atoms with Crippen molar-refractivity contribution >= 4 is 22.4 Å². The number of nitrogens with one attached hydrogen (secondary N) is 1. The number of pyridine rings is 1. The summed E-state index contributed by atoms with van der Waals surface area (Å²) in [5.74, 6) is -0.160. The third kappa shape index (κ3) is 3.44. The molecule has 0 spiro atoms. The molecule has 0 unspecified atom stereocenters. The number of nitrogens with zero attached hydrogens (tertiary/aromatic N) is 2. The van der Waals surface area contributed by atoms with E-state index < -0.39 is 0 Å². The summed E-state index contributed by atoms with van der Waals surface area (Å²) < 4.78 is 0.746. The Morgan fingerprint density at radius 1 is 1.12 bits per heavy atom. The molecule has 1 N–H and O–H groups in total. The zero-order chi connectivity index (χ0) is 17.3. The van der Waals surface area contributed by atoms with E-state index >= 15 is 0 Å². The van der Waals surface area contributed by atoms with E-state index in [0.29, 0.717) is 5.13 Å². The molecule has 6 heteroatoms. The lowest BCUT2D eigenvalue weighted by Crippen LogP contribution is -2.23. The van der Waals surface area contributed by atoms with Gasteiger partial charge in [0.05, 0.1) is 10.6 Å². The molecule has 5 nitrogen and oxygen atoms in total. The van der Waals surface area contributed by atoms with Crippen molar-refractivity contribution in [1.82, 2.24) is 4.98 Å². The molecule has 24 heavy (non-hydrogen) atoms. The van der Waals surface area contributed by atoms with E-state index in [1.807, 2.05) is 13.8 Å². The Balaban J connectivity index is 2.17. The Kier molecular flexibility index (Phi) is 4.31. The molecule has 3 rings (SSSR count). The van der Waals surface area contributed by atoms with Gasteiger partial charge < -0.3 is 10.5 Å². The van der Waals surface area contributed by atoms with Gasteiger partial charge in [0.25, 0.3) is 0 Å². The Labute approximate surface area is 144 Å². The molecule has 0 aliphatic carbocycles. The summed E-state index contributed by atoms with van der Waals surface area (Å²) in [6.45, 7) is 5.54. The molecule has 1 amide bonds. The lowest BCUT2D eigenvalue weighted by Gasteiger charge is -2.05. The van der Waals surface area contributed by atoms with E-state index in [2.05, 4.69) is 28.5 Å². The smallest absolute Gasteiger partial charge is 0.223 e. The lowest BCUT2D eigenvalue weighted by atomic mass is 10.0. The molecule has 0 saturated heterocycles. The van der Waals surface area contributed by atoms with E-state index in [1.54, 1.807) is 12.1 Å². The van der Waals surface area contributed by atoms with Gasteiger partial charge in [-0.05, 0) is 26.0 Å². The van der Waals surface area contributed by atoms with Gasteiger partial charge in [-0.2, -0.15) is 4.73 Å². The summed E-state index contributed by atoms with van der Waals surface area (Å²) in [4.78, 5) is 16.9. The quantitative estimate of drug-likeness (QED) is 0.584. The lowest BCUT2D eigenvalue weighted by molar-refractivity contribution is -0.605. The van der Waals surface area contributed by atoms with Crippen LogP contribution in [0.3, 0.4) is 0 Å². The van der Waals surface area contributed by atoms with Gasteiger partial charge in [0.1, 0.15) is 0 Å². The van der Waals surface area contributed by atoms with Crippen LogP contribution >= 0.6 is 11.3 Å². The first-order chi connectivity index (χ1) is 11.4. The van der Waals surface area contributed by atoms with E-state index in [9.17, 15) is 10.0 Å². The maximum Gasteiger partial charge on any atom is 0.223 e. The van der Waals surface area contributed by atoms with Crippen LogP contribution in [-0.4, -0.2) is 10.9 Å². The minimum Gasteiger partial charge on any atom is -0.619 e. The summed E-state index contributed by atoms with van der Waals surface area (Å²) in [6, 6.07) is 9.75. The van der Waals surface area contributed by atoms with Gasteiger partial charge in [0.2, 0.25) is 5.91 Å². The highest BCUT2D eigenvalue weighted by atomic mass is 32.1. The Bertz CT molecular complexity index is 881. The van der Waals surface area contributed by atoms with Crippen LogP contribution in [0, 0.1) is 19.1 Å². The number of hydrogen-bond donors (Lipinski definition) is 1. The summed E-state index contributed by atoms with van der Waals surface area (Å²) in [7, 11) is 0. The van der Waals surface area contributed by atoms with Gasteiger partial charge in [0, 0.05) is 30.2 Å². The number of benzene rings is 1. The first-order valence-electron chi connectivity index (χ1n) is 7.48. The maximum absolute atomic E-state index is 11.4. The molecule has 2 aromatic heterocycles. The highest BCUT2D eigenvalue weighted by molar-refractivity contribution is 7.19. The Morgan fingerprint density at radius 2 is 1.75 bits per heavy atom. The molecule has 0 atom stereocenters. The predicted octanol–water partition coefficient (Wildman–Crippen LogP) is 3.69. The minimum atomic E-state index is -0.160. The third-order valence-corrected chi connectivity index (χ3v) is 4.49. The van der Waals surface area contributed by atoms with Crippen molar-refractivity contribution in [3.63, 3.8) is 0 Å². The largest absolute Gasteiger partial charge is 0.619 e. The molecule has 3 aromatic rings. The molecule has 0 fully saturated rings. The highest BCUT2D eigenvalue weighted by Gasteiger charge is 2.17. The number of carbonyl (C=O) groups is 1. The van der Waals surface area contributed by atoms with Crippen LogP contribution in [-0.2, 0) is 4.79 Å². The topological polar surface area (TPSA) is 68.9 Å². The monoisotopic (exact) mass is 339 g/mol. The maximum atomic E-state index is 11.4. The fraction of sp³-hybridized carbons (Fsp3) is 0.167. The second kappa shape index (κ2) is 6.41. The molecule has 0 bridgehead atoms. The van der Waals surface area contributed by atoms with Crippen molar-refractivity contribution in [2.24, 2.45) is 0 Å². The van der Waals surface area contributed by atoms with Crippen LogP contribution < -0.4 is 10.0 Å². The number of anilines is 1. The van der Waals surface area contributed by atoms with Gasteiger partial charge >= 0.3 is 0 Å². The molecule has 0 aliphatic rings. The summed E-state index contributed by atoms with van der Waals surface area (Å²) >= 11 is 1.40. The first-order valence-corrected chi connectivity index (χ1v) is 8.30. The van der Waals surface area contributed by atoms with Crippen LogP contribution in [0.2, 0.25) is 0 Å². The summed E-state index contributed by atoms with van der Waals surface area (Å²) in [5.41, 5.74) is 4.99. The van der Waals surface area contributed by atoms with Crippen LogP contribution in [0.1, 0.15) is 18.1 Å². The second-order valence-electron chi connectivity index (χ2n) is 5.70. The molecule has 0 radical (unpaired) electrons. The second-order valence-corrected chi connectivity index (χ2v) is 6.70. The van der Waals surface area contributed by atoms with Crippen LogP contribution in [0.15, 0.2) is 42.7 Å². The van der Waals surface area contributed by atoms with Crippen molar-refractivity contribution in [2.75, 3.05) is 5.32 Å². The normalized spacial score (nSPS) is 10.6. The van der Waals surface area contributed by atoms with Gasteiger partial charge in [-0.25, -0.2) is 4.98 Å². The average molecular weight is 339 g/mol. The summed E-state index contributed by atoms with van der Waals surface area (Å²) in [6.07, 6.45) is 2.91. The number of amides is 1. The number of aryl methyl sites for hydroxylation is 2. The zero-order valence-corrected chi connectivity index (χ0v) is 14.5. The van der Waals surface area contributed by atoms with Crippen molar-refractivity contribution < 1.29 is 9.52 Å². The molecule has 1 aromatic carbocycles. The minimum absolute atomic E-state index is 0.160. The fourth-order valence-corrected chi connectivity index (χ4v) is 3.63. The molecular formula is C18H17N3O2S. The van der Waals surface area contributed by atoms with Crippen LogP contribution in [0.25, 0.3) is 21.7 Å². The average Bonchev–Trinajstić information content (AvgIpc) is 2.90. The Hall–Kier alpha value is -2.73. The van der Waals surface area contributed by atoms with E-state index in [0.717, 1.165) is 37.6 Å². The molecule has 122 valence electrons. The number of thiazole rings is 1. The van der Waals surface area contributed by atoms with Crippen molar-refractivity contribution in [1.29, 1.82) is 0 Å². The number of aromatic nitrogens is 2. The van der Waals surface area contributed by atoms with Gasteiger partial charge in [-0.3, -0.25) is 4.79 Å². The number of carbonyl (C=O) groups excluding carboxylic acids is 1. The molecular weight excluding hydrogens is 322 g/mol. The first kappa shape index (κ1) is 16.1. The fourth-order valence-electron chi connectivity index (χ4n) is 2.59. The van der Waals surface area contributed by atoms with E-state index in [4.69, 9.17) is 0 Å². The molecule has 0 aliphatic heterocycles. The number of hydrogen-bond acceptors (Lipinski definition) is 4. The molecule has 0 saturated carbocycles. The van der Waals surface area contributed by atoms with Crippen molar-refractivity contribution in [3.05, 3.63) is 59.1 Å². The predicted molar refractivity (Wildman–Crippen MR) is 95.7 cm³/mol. The SMILES string of the molecule is CC(=O)Nc1nc(-c2cc(C)cc(C)c2)c(-c2cc[n+]([O-])cc2)s1. The van der Waals surface area contributed by atoms with Crippen LogP contribution in [0.5, 0.6) is 0 Å². The standard InChI is InChI=1S/C18H17N3O2S/c1-11-8-12(2)10-15(9-11)16-17(14-4-6-21(23)7-5-14)24-18(20-16)19-13(3)22/h4-10H,1-3H3,(H,19,20,22). The van der Waals surface area contributed by atoms with Crippen molar-refractivity contribution in [2.45, 2.75) is 20.8 Å². The Morgan fingerprint density at radius 3 is 2.33 bits per heavy atom.